The van der Waals surface area contributed by atoms with Crippen molar-refractivity contribution in [3.63, 3.8) is 0 Å². The molecule has 0 radical (unpaired) electrons. The Hall–Kier alpha value is -4.06. The molecule has 0 spiro atoms. The predicted molar refractivity (Wildman–Crippen MR) is 302 cm³/mol. The molecule has 0 aromatic heterocycles. The van der Waals surface area contributed by atoms with Crippen LogP contribution in [0.5, 0.6) is 11.5 Å². The fourth-order valence-corrected chi connectivity index (χ4v) is 9.86. The molecule has 0 aliphatic rings. The van der Waals surface area contributed by atoms with Gasteiger partial charge in [-0.15, -0.1) is 35.6 Å². The van der Waals surface area contributed by atoms with Gasteiger partial charge in [0.2, 0.25) is 0 Å². The van der Waals surface area contributed by atoms with E-state index in [1.807, 2.05) is 82.2 Å². The van der Waals surface area contributed by atoms with Crippen LogP contribution in [0.4, 0.5) is 0 Å². The largest absolute Gasteiger partial charge is 1.00 e. The van der Waals surface area contributed by atoms with Crippen LogP contribution in [0.3, 0.4) is 0 Å². The molecule has 0 amide bonds. The Morgan fingerprint density at radius 3 is 1.19 bits per heavy atom. The van der Waals surface area contributed by atoms with E-state index in [0.29, 0.717) is 25.0 Å². The Morgan fingerprint density at radius 1 is 0.486 bits per heavy atom. The van der Waals surface area contributed by atoms with E-state index < -0.39 is 14.3 Å². The number of quaternary nitrogens is 1. The zero-order chi connectivity index (χ0) is 48.8. The molecule has 0 saturated heterocycles. The summed E-state index contributed by atoms with van der Waals surface area (Å²) in [6.45, 7) is 12.0. The van der Waals surface area contributed by atoms with E-state index in [-0.39, 0.29) is 24.8 Å². The number of ether oxygens (including phenoxy) is 2. The summed E-state index contributed by atoms with van der Waals surface area (Å²) in [5.74, 6) is 2.82. The number of allylic oxidation sites excluding steroid dienone is 2. The Kier molecular flexibility index (Phi) is 27.0. The summed E-state index contributed by atoms with van der Waals surface area (Å²) < 4.78 is 35.9. The molecular weight excluding hydrogens is 992 g/mol. The van der Waals surface area contributed by atoms with E-state index >= 15 is 0 Å². The zero-order valence-electron chi connectivity index (χ0n) is 41.7. The summed E-state index contributed by atoms with van der Waals surface area (Å²) in [5.41, 5.74) is 11.9. The molecule has 1 unspecified atom stereocenters. The highest BCUT2D eigenvalue weighted by Gasteiger charge is 2.17. The number of hydrogen-bond acceptors (Lipinski definition) is 5. The molecule has 0 saturated carbocycles. The minimum absolute atomic E-state index is 0. The average molecular weight is 1060 g/mol. The van der Waals surface area contributed by atoms with Crippen LogP contribution in [0.25, 0.3) is 22.3 Å². The fourth-order valence-electron chi connectivity index (χ4n) is 7.74. The lowest BCUT2D eigenvalue weighted by molar-refractivity contribution is -0.877. The van der Waals surface area contributed by atoms with E-state index in [1.165, 1.54) is 49.4 Å². The van der Waals surface area contributed by atoms with Crippen LogP contribution in [-0.4, -0.2) is 109 Å². The Bertz CT molecular complexity index is 2370. The molecular formula is C58H72Cl4N2O4P2. The molecule has 1 atom stereocenters. The zero-order valence-corrected chi connectivity index (χ0v) is 46.5. The van der Waals surface area contributed by atoms with Gasteiger partial charge in [-0.25, -0.2) is 0 Å². The van der Waals surface area contributed by atoms with Gasteiger partial charge < -0.3 is 40.8 Å². The van der Waals surface area contributed by atoms with Crippen LogP contribution in [0, 0.1) is 0 Å². The molecule has 1 N–H and O–H groups in total. The van der Waals surface area contributed by atoms with E-state index in [2.05, 4.69) is 133 Å². The molecule has 70 heavy (non-hydrogen) atoms. The van der Waals surface area contributed by atoms with Gasteiger partial charge >= 0.3 is 0 Å². The van der Waals surface area contributed by atoms with E-state index in [0.717, 1.165) is 74.0 Å². The van der Waals surface area contributed by atoms with Crippen molar-refractivity contribution in [3.8, 4) is 11.5 Å². The molecule has 0 heterocycles. The summed E-state index contributed by atoms with van der Waals surface area (Å²) in [4.78, 5) is 3.51. The second-order valence-electron chi connectivity index (χ2n) is 18.2. The second kappa shape index (κ2) is 31.4. The van der Waals surface area contributed by atoms with E-state index in [4.69, 9.17) is 32.7 Å². The average Bonchev–Trinajstić information content (AvgIpc) is 3.34. The highest BCUT2D eigenvalue weighted by Crippen LogP contribution is 2.38. The predicted octanol–water partition coefficient (Wildman–Crippen LogP) is 10.4. The Balaban J connectivity index is 0.000000360. The van der Waals surface area contributed by atoms with Crippen molar-refractivity contribution < 1.29 is 35.9 Å². The van der Waals surface area contributed by atoms with Gasteiger partial charge in [-0.1, -0.05) is 146 Å². The van der Waals surface area contributed by atoms with Crippen molar-refractivity contribution in [3.05, 3.63) is 203 Å². The molecule has 6 aromatic carbocycles. The smallest absolute Gasteiger partial charge is 0.137 e. The number of rotatable bonds is 24. The standard InChI is InChI=1S/2C29H35ClNO2P.2ClH/c2*1-31(21-23-34(2,3)32)20-22-33-27-16-14-26(15-17-27)29(25-12-8-5-9-13-25)28(18-19-30)24-10-6-4-7-11-24;;/h2*4-17H,18-23H2,1-3H3;2*1H/b2*29-28-;;. The highest BCUT2D eigenvalue weighted by atomic mass is 35.5. The molecule has 0 aliphatic heterocycles. The van der Waals surface area contributed by atoms with Crippen molar-refractivity contribution in [2.75, 3.05) is 104 Å². The van der Waals surface area contributed by atoms with Crippen molar-refractivity contribution in [2.24, 2.45) is 0 Å². The third kappa shape index (κ3) is 21.0. The van der Waals surface area contributed by atoms with Gasteiger partial charge in [0.1, 0.15) is 31.3 Å². The van der Waals surface area contributed by atoms with Gasteiger partial charge in [-0.3, -0.25) is 0 Å². The number of nitrogens with one attached hydrogen (secondary N) is 1. The normalized spacial score (nSPS) is 12.5. The van der Waals surface area contributed by atoms with Gasteiger partial charge in [-0.05, 0) is 126 Å². The number of likely N-dealkylation sites (N-methyl/N-ethyl adjacent to an activating group) is 2. The van der Waals surface area contributed by atoms with Crippen molar-refractivity contribution >= 4 is 72.2 Å². The lowest BCUT2D eigenvalue weighted by atomic mass is 9.88. The van der Waals surface area contributed by atoms with Crippen LogP contribution < -0.4 is 26.8 Å². The maximum atomic E-state index is 11.9. The quantitative estimate of drug-likeness (QED) is 0.0372. The molecule has 0 fully saturated rings. The molecule has 6 aromatic rings. The minimum atomic E-state index is -1.98. The number of hydrogen-bond donors (Lipinski definition) is 1. The van der Waals surface area contributed by atoms with Crippen LogP contribution in [0.2, 0.25) is 0 Å². The SMILES string of the molecule is CN(CCOc1ccc(/C(=C(/CCCl)c2ccccc2)c2ccccc2)cc1)CCP(C)(C)=O.C[NH+](CCOc1ccc(/C(=C(/CCCl)c2ccccc2)c2ccccc2)cc1)CCP(C)(C)=O.Cl.[Cl-]. The second-order valence-corrected chi connectivity index (χ2v) is 26.1. The summed E-state index contributed by atoms with van der Waals surface area (Å²) in [5, 5.41) is 0. The maximum Gasteiger partial charge on any atom is 0.137 e. The van der Waals surface area contributed by atoms with Crippen LogP contribution in [0.15, 0.2) is 170 Å². The van der Waals surface area contributed by atoms with Crippen molar-refractivity contribution in [2.45, 2.75) is 12.8 Å². The molecule has 376 valence electrons. The molecule has 0 bridgehead atoms. The van der Waals surface area contributed by atoms with Gasteiger partial charge in [0.15, 0.2) is 0 Å². The van der Waals surface area contributed by atoms with Gasteiger partial charge in [0.25, 0.3) is 0 Å². The summed E-state index contributed by atoms with van der Waals surface area (Å²) >= 11 is 12.5. The first-order valence-corrected chi connectivity index (χ1v) is 30.2. The molecule has 6 rings (SSSR count). The molecule has 12 heteroatoms. The first kappa shape index (κ1) is 60.2. The van der Waals surface area contributed by atoms with E-state index in [1.54, 1.807) is 0 Å². The summed E-state index contributed by atoms with van der Waals surface area (Å²) in [6, 6.07) is 58.6. The lowest BCUT2D eigenvalue weighted by Gasteiger charge is -2.19. The van der Waals surface area contributed by atoms with Crippen molar-refractivity contribution in [1.82, 2.24) is 4.90 Å². The number of nitrogens with zero attached hydrogens (tertiary/aromatic N) is 1. The first-order valence-electron chi connectivity index (χ1n) is 23.6. The van der Waals surface area contributed by atoms with Crippen LogP contribution in [-0.2, 0) is 9.13 Å². The highest BCUT2D eigenvalue weighted by molar-refractivity contribution is 7.62. The topological polar surface area (TPSA) is 60.3 Å². The van der Waals surface area contributed by atoms with Crippen LogP contribution >= 0.6 is 49.9 Å². The number of alkyl halides is 2. The third-order valence-electron chi connectivity index (χ3n) is 11.6. The summed E-state index contributed by atoms with van der Waals surface area (Å²) in [7, 11) is 0.227. The van der Waals surface area contributed by atoms with Gasteiger partial charge in [0, 0.05) is 37.2 Å². The Morgan fingerprint density at radius 2 is 0.829 bits per heavy atom. The Labute approximate surface area is 442 Å². The molecule has 0 aliphatic carbocycles. The number of benzene rings is 6. The van der Waals surface area contributed by atoms with Crippen LogP contribution in [0.1, 0.15) is 46.2 Å². The van der Waals surface area contributed by atoms with Gasteiger partial charge in [0.05, 0.1) is 27.9 Å². The molecule has 6 nitrogen and oxygen atoms in total. The third-order valence-corrected chi connectivity index (χ3v) is 14.5. The summed E-state index contributed by atoms with van der Waals surface area (Å²) in [6.07, 6.45) is 3.07. The van der Waals surface area contributed by atoms with Gasteiger partial charge in [-0.2, -0.15) is 0 Å². The monoisotopic (exact) mass is 1060 g/mol. The minimum Gasteiger partial charge on any atom is -1.00 e. The number of halogens is 4. The maximum absolute atomic E-state index is 11.9. The lowest BCUT2D eigenvalue weighted by Crippen LogP contribution is -3.10. The van der Waals surface area contributed by atoms with Crippen molar-refractivity contribution in [1.29, 1.82) is 0 Å². The van der Waals surface area contributed by atoms with E-state index in [9.17, 15) is 9.13 Å². The fraction of sp³-hybridized carbons (Fsp3) is 0.310. The first-order chi connectivity index (χ1) is 32.7.